The van der Waals surface area contributed by atoms with E-state index in [2.05, 4.69) is 16.6 Å². The van der Waals surface area contributed by atoms with Gasteiger partial charge in [-0.2, -0.15) is 5.10 Å². The molecule has 1 heterocycles. The minimum atomic E-state index is -0.00692. The summed E-state index contributed by atoms with van der Waals surface area (Å²) in [6.07, 6.45) is 10.3. The molecule has 0 atom stereocenters. The maximum atomic E-state index is 11.7. The van der Waals surface area contributed by atoms with Gasteiger partial charge < -0.3 is 10.1 Å². The van der Waals surface area contributed by atoms with E-state index in [0.717, 1.165) is 45.1 Å². The van der Waals surface area contributed by atoms with E-state index in [1.165, 1.54) is 5.56 Å². The van der Waals surface area contributed by atoms with E-state index < -0.39 is 0 Å². The summed E-state index contributed by atoms with van der Waals surface area (Å²) in [5.41, 5.74) is 1.30. The lowest BCUT2D eigenvalue weighted by atomic mass is 9.86. The molecule has 1 aliphatic rings. The maximum Gasteiger partial charge on any atom is 0.308 e. The summed E-state index contributed by atoms with van der Waals surface area (Å²) >= 11 is 0. The molecule has 21 heavy (non-hydrogen) atoms. The fourth-order valence-electron chi connectivity index (χ4n) is 2.99. The Balaban J connectivity index is 1.57. The van der Waals surface area contributed by atoms with Gasteiger partial charge in [0.1, 0.15) is 0 Å². The van der Waals surface area contributed by atoms with Crippen molar-refractivity contribution in [2.45, 2.75) is 51.5 Å². The lowest BCUT2D eigenvalue weighted by Crippen LogP contribution is -2.36. The van der Waals surface area contributed by atoms with Crippen LogP contribution in [0.15, 0.2) is 12.4 Å². The Hall–Kier alpha value is -1.36. The molecule has 1 aromatic heterocycles. The molecule has 0 unspecified atom stereocenters. The molecule has 0 radical (unpaired) electrons. The highest BCUT2D eigenvalue weighted by Crippen LogP contribution is 2.25. The molecular weight excluding hydrogens is 266 g/mol. The topological polar surface area (TPSA) is 56.1 Å². The van der Waals surface area contributed by atoms with Crippen LogP contribution >= 0.6 is 0 Å². The fourth-order valence-corrected chi connectivity index (χ4v) is 2.99. The minimum absolute atomic E-state index is 0.00692. The van der Waals surface area contributed by atoms with Gasteiger partial charge in [0.15, 0.2) is 0 Å². The van der Waals surface area contributed by atoms with Gasteiger partial charge in [-0.05, 0) is 57.6 Å². The Labute approximate surface area is 127 Å². The molecule has 0 amide bonds. The van der Waals surface area contributed by atoms with Crippen molar-refractivity contribution >= 4 is 5.97 Å². The van der Waals surface area contributed by atoms with E-state index in [4.69, 9.17) is 4.74 Å². The predicted octanol–water partition coefficient (Wildman–Crippen LogP) is 2.06. The Kier molecular flexibility index (Phi) is 6.23. The molecule has 118 valence electrons. The van der Waals surface area contributed by atoms with Crippen molar-refractivity contribution in [2.75, 3.05) is 13.2 Å². The number of aryl methyl sites for hydroxylation is 2. The van der Waals surface area contributed by atoms with Crippen LogP contribution < -0.4 is 5.32 Å². The number of nitrogens with zero attached hydrogens (tertiary/aromatic N) is 2. The number of ether oxygens (including phenoxy) is 1. The van der Waals surface area contributed by atoms with Crippen LogP contribution in [0.4, 0.5) is 0 Å². The van der Waals surface area contributed by atoms with Crippen LogP contribution in [-0.2, 0) is 23.0 Å². The first-order valence-corrected chi connectivity index (χ1v) is 8.06. The van der Waals surface area contributed by atoms with E-state index in [1.807, 2.05) is 24.9 Å². The monoisotopic (exact) mass is 293 g/mol. The van der Waals surface area contributed by atoms with Crippen LogP contribution in [0.5, 0.6) is 0 Å². The summed E-state index contributed by atoms with van der Waals surface area (Å²) in [7, 11) is 1.95. The molecule has 5 heteroatoms. The van der Waals surface area contributed by atoms with E-state index >= 15 is 0 Å². The van der Waals surface area contributed by atoms with Crippen molar-refractivity contribution in [2.24, 2.45) is 13.0 Å². The van der Waals surface area contributed by atoms with Crippen LogP contribution in [0.3, 0.4) is 0 Å². The zero-order valence-corrected chi connectivity index (χ0v) is 13.2. The van der Waals surface area contributed by atoms with Crippen molar-refractivity contribution in [3.63, 3.8) is 0 Å². The Bertz CT molecular complexity index is 436. The Morgan fingerprint density at radius 3 is 2.81 bits per heavy atom. The van der Waals surface area contributed by atoms with Crippen molar-refractivity contribution in [1.82, 2.24) is 15.1 Å². The van der Waals surface area contributed by atoms with Gasteiger partial charge in [-0.3, -0.25) is 9.48 Å². The number of carbonyl (C=O) groups excluding carboxylic acids is 1. The summed E-state index contributed by atoms with van der Waals surface area (Å²) in [5.74, 6) is 0.117. The summed E-state index contributed by atoms with van der Waals surface area (Å²) in [5, 5.41) is 7.79. The Morgan fingerprint density at radius 2 is 2.19 bits per heavy atom. The molecule has 1 aliphatic carbocycles. The fraction of sp³-hybridized carbons (Fsp3) is 0.750. The number of carbonyl (C=O) groups is 1. The molecule has 0 bridgehead atoms. The Morgan fingerprint density at radius 1 is 1.43 bits per heavy atom. The minimum Gasteiger partial charge on any atom is -0.466 e. The average Bonchev–Trinajstić information content (AvgIpc) is 2.90. The zero-order valence-electron chi connectivity index (χ0n) is 13.2. The molecule has 0 spiro atoms. The molecule has 0 saturated heterocycles. The predicted molar refractivity (Wildman–Crippen MR) is 81.9 cm³/mol. The van der Waals surface area contributed by atoms with Crippen molar-refractivity contribution in [1.29, 1.82) is 0 Å². The average molecular weight is 293 g/mol. The van der Waals surface area contributed by atoms with Crippen molar-refractivity contribution in [3.8, 4) is 0 Å². The second-order valence-electron chi connectivity index (χ2n) is 5.88. The van der Waals surface area contributed by atoms with Gasteiger partial charge in [0.05, 0.1) is 18.7 Å². The third kappa shape index (κ3) is 5.16. The van der Waals surface area contributed by atoms with Gasteiger partial charge in [-0.15, -0.1) is 0 Å². The van der Waals surface area contributed by atoms with Gasteiger partial charge in [0, 0.05) is 19.3 Å². The highest BCUT2D eigenvalue weighted by atomic mass is 16.5. The largest absolute Gasteiger partial charge is 0.466 e. The molecule has 5 nitrogen and oxygen atoms in total. The van der Waals surface area contributed by atoms with Crippen molar-refractivity contribution < 1.29 is 9.53 Å². The highest BCUT2D eigenvalue weighted by molar-refractivity contribution is 5.72. The number of hydrogen-bond donors (Lipinski definition) is 1. The second kappa shape index (κ2) is 8.17. The van der Waals surface area contributed by atoms with Crippen LogP contribution in [0.2, 0.25) is 0 Å². The number of aromatic nitrogens is 2. The summed E-state index contributed by atoms with van der Waals surface area (Å²) < 4.78 is 6.95. The molecule has 0 aromatic carbocycles. The molecule has 1 aromatic rings. The zero-order chi connectivity index (χ0) is 15.1. The molecule has 2 rings (SSSR count). The molecule has 0 aliphatic heterocycles. The van der Waals surface area contributed by atoms with Crippen LogP contribution in [0, 0.1) is 5.92 Å². The normalized spacial score (nSPS) is 22.2. The first-order chi connectivity index (χ1) is 10.2. The third-order valence-electron chi connectivity index (χ3n) is 4.18. The number of esters is 1. The first kappa shape index (κ1) is 16.0. The first-order valence-electron chi connectivity index (χ1n) is 8.06. The van der Waals surface area contributed by atoms with Gasteiger partial charge in [0.2, 0.25) is 0 Å². The van der Waals surface area contributed by atoms with Crippen LogP contribution in [-0.4, -0.2) is 34.9 Å². The maximum absolute atomic E-state index is 11.7. The third-order valence-corrected chi connectivity index (χ3v) is 4.18. The standard InChI is InChI=1S/C16H27N3O2/c1-3-21-16(20)14-6-8-15(9-7-14)17-10-4-5-13-11-18-19(2)12-13/h11-12,14-15,17H,3-10H2,1-2H3. The number of nitrogens with one attached hydrogen (secondary N) is 1. The quantitative estimate of drug-likeness (QED) is 0.617. The molecule has 1 saturated carbocycles. The van der Waals surface area contributed by atoms with Crippen LogP contribution in [0.1, 0.15) is 44.6 Å². The summed E-state index contributed by atoms with van der Waals surface area (Å²) in [6, 6.07) is 0.560. The SMILES string of the molecule is CCOC(=O)C1CCC(NCCCc2cnn(C)c2)CC1. The lowest BCUT2D eigenvalue weighted by Gasteiger charge is -2.27. The van der Waals surface area contributed by atoms with E-state index in [9.17, 15) is 4.79 Å². The summed E-state index contributed by atoms with van der Waals surface area (Å²) in [6.45, 7) is 3.39. The van der Waals surface area contributed by atoms with Gasteiger partial charge >= 0.3 is 5.97 Å². The van der Waals surface area contributed by atoms with Gasteiger partial charge in [-0.25, -0.2) is 0 Å². The number of hydrogen-bond acceptors (Lipinski definition) is 4. The lowest BCUT2D eigenvalue weighted by molar-refractivity contribution is -0.149. The van der Waals surface area contributed by atoms with Gasteiger partial charge in [-0.1, -0.05) is 0 Å². The van der Waals surface area contributed by atoms with Crippen LogP contribution in [0.25, 0.3) is 0 Å². The van der Waals surface area contributed by atoms with Gasteiger partial charge in [0.25, 0.3) is 0 Å². The van der Waals surface area contributed by atoms with E-state index in [1.54, 1.807) is 0 Å². The summed E-state index contributed by atoms with van der Waals surface area (Å²) in [4.78, 5) is 11.7. The molecule has 1 fully saturated rings. The van der Waals surface area contributed by atoms with E-state index in [-0.39, 0.29) is 11.9 Å². The molecular formula is C16H27N3O2. The van der Waals surface area contributed by atoms with Crippen molar-refractivity contribution in [3.05, 3.63) is 18.0 Å². The smallest absolute Gasteiger partial charge is 0.308 e. The second-order valence-corrected chi connectivity index (χ2v) is 5.88. The van der Waals surface area contributed by atoms with E-state index in [0.29, 0.717) is 12.6 Å². The number of rotatable bonds is 7. The highest BCUT2D eigenvalue weighted by Gasteiger charge is 2.26. The molecule has 1 N–H and O–H groups in total.